The normalized spacial score (nSPS) is 19.2. The Bertz CT molecular complexity index is 340. The van der Waals surface area contributed by atoms with E-state index in [1.807, 2.05) is 0 Å². The van der Waals surface area contributed by atoms with Crippen molar-refractivity contribution in [3.8, 4) is 0 Å². The third-order valence-electron chi connectivity index (χ3n) is 4.15. The zero-order chi connectivity index (χ0) is 12.8. The lowest BCUT2D eigenvalue weighted by atomic mass is 9.83. The molecule has 1 nitrogen and oxygen atoms in total. The van der Waals surface area contributed by atoms with Crippen LogP contribution < -0.4 is 5.32 Å². The third-order valence-corrected chi connectivity index (χ3v) is 5.57. The van der Waals surface area contributed by atoms with Gasteiger partial charge in [0, 0.05) is 17.3 Å². The van der Waals surface area contributed by atoms with E-state index in [4.69, 9.17) is 0 Å². The van der Waals surface area contributed by atoms with Crippen molar-refractivity contribution in [3.63, 3.8) is 0 Å². The summed E-state index contributed by atoms with van der Waals surface area (Å²) in [6.07, 6.45) is 8.90. The maximum atomic E-state index is 3.81. The standard InChI is InChI=1S/C16H25NS/c1-3-8-15(14-9-5-4-6-10-14)17-13-16(18-2)11-7-12-16/h4-6,9-10,15,17H,3,7-8,11-13H2,1-2H3. The Morgan fingerprint density at radius 2 is 2.00 bits per heavy atom. The highest BCUT2D eigenvalue weighted by Crippen LogP contribution is 2.42. The molecule has 1 aliphatic rings. The number of thioether (sulfide) groups is 1. The summed E-state index contributed by atoms with van der Waals surface area (Å²) >= 11 is 2.05. The quantitative estimate of drug-likeness (QED) is 0.782. The Morgan fingerprint density at radius 1 is 1.28 bits per heavy atom. The molecule has 0 spiro atoms. The first-order chi connectivity index (χ1) is 8.79. The number of hydrogen-bond acceptors (Lipinski definition) is 2. The molecule has 0 aliphatic heterocycles. The summed E-state index contributed by atoms with van der Waals surface area (Å²) in [6, 6.07) is 11.4. The van der Waals surface area contributed by atoms with Gasteiger partial charge in [-0.2, -0.15) is 11.8 Å². The van der Waals surface area contributed by atoms with E-state index in [0.717, 1.165) is 6.54 Å². The minimum atomic E-state index is 0.529. The largest absolute Gasteiger partial charge is 0.309 e. The lowest BCUT2D eigenvalue weighted by molar-refractivity contribution is 0.325. The second-order valence-corrected chi connectivity index (χ2v) is 6.65. The predicted molar refractivity (Wildman–Crippen MR) is 82.2 cm³/mol. The summed E-state index contributed by atoms with van der Waals surface area (Å²) in [5.41, 5.74) is 1.44. The molecule has 1 aliphatic carbocycles. The maximum Gasteiger partial charge on any atom is 0.0320 e. The van der Waals surface area contributed by atoms with Crippen LogP contribution >= 0.6 is 11.8 Å². The lowest BCUT2D eigenvalue weighted by Gasteiger charge is -2.41. The van der Waals surface area contributed by atoms with E-state index in [9.17, 15) is 0 Å². The van der Waals surface area contributed by atoms with Gasteiger partial charge in [-0.15, -0.1) is 0 Å². The molecule has 0 bridgehead atoms. The van der Waals surface area contributed by atoms with Gasteiger partial charge in [0.2, 0.25) is 0 Å². The molecule has 100 valence electrons. The van der Waals surface area contributed by atoms with Crippen LogP contribution in [0.4, 0.5) is 0 Å². The number of hydrogen-bond donors (Lipinski definition) is 1. The van der Waals surface area contributed by atoms with Crippen LogP contribution in [0, 0.1) is 0 Å². The van der Waals surface area contributed by atoms with Crippen LogP contribution in [0.15, 0.2) is 30.3 Å². The summed E-state index contributed by atoms with van der Waals surface area (Å²) in [5, 5.41) is 3.81. The van der Waals surface area contributed by atoms with Gasteiger partial charge in [0.15, 0.2) is 0 Å². The summed E-state index contributed by atoms with van der Waals surface area (Å²) in [5.74, 6) is 0. The Balaban J connectivity index is 1.94. The molecule has 0 aromatic heterocycles. The van der Waals surface area contributed by atoms with E-state index < -0.39 is 0 Å². The minimum absolute atomic E-state index is 0.529. The molecule has 1 saturated carbocycles. The van der Waals surface area contributed by atoms with Crippen LogP contribution in [0.2, 0.25) is 0 Å². The number of rotatable bonds is 7. The van der Waals surface area contributed by atoms with Gasteiger partial charge in [-0.05, 0) is 31.1 Å². The van der Waals surface area contributed by atoms with Crippen molar-refractivity contribution >= 4 is 11.8 Å². The van der Waals surface area contributed by atoms with Crippen LogP contribution in [-0.4, -0.2) is 17.5 Å². The predicted octanol–water partition coefficient (Wildman–Crippen LogP) is 4.40. The maximum absolute atomic E-state index is 3.81. The Hall–Kier alpha value is -0.470. The first-order valence-corrected chi connectivity index (χ1v) is 8.35. The molecule has 0 saturated heterocycles. The van der Waals surface area contributed by atoms with Crippen LogP contribution in [0.3, 0.4) is 0 Å². The van der Waals surface area contributed by atoms with E-state index in [0.29, 0.717) is 10.8 Å². The van der Waals surface area contributed by atoms with E-state index >= 15 is 0 Å². The molecule has 0 amide bonds. The van der Waals surface area contributed by atoms with Gasteiger partial charge in [-0.1, -0.05) is 50.1 Å². The highest BCUT2D eigenvalue weighted by Gasteiger charge is 2.36. The van der Waals surface area contributed by atoms with E-state index in [1.54, 1.807) is 0 Å². The van der Waals surface area contributed by atoms with Crippen molar-refractivity contribution in [2.24, 2.45) is 0 Å². The fourth-order valence-corrected chi connectivity index (χ4v) is 3.62. The first-order valence-electron chi connectivity index (χ1n) is 7.13. The molecule has 0 heterocycles. The first kappa shape index (κ1) is 14.0. The van der Waals surface area contributed by atoms with Gasteiger partial charge < -0.3 is 5.32 Å². The Labute approximate surface area is 116 Å². The van der Waals surface area contributed by atoms with E-state index in [1.165, 1.54) is 37.7 Å². The number of benzene rings is 1. The van der Waals surface area contributed by atoms with Crippen molar-refractivity contribution in [2.75, 3.05) is 12.8 Å². The van der Waals surface area contributed by atoms with Crippen molar-refractivity contribution in [2.45, 2.75) is 49.8 Å². The average molecular weight is 263 g/mol. The highest BCUT2D eigenvalue weighted by atomic mass is 32.2. The van der Waals surface area contributed by atoms with Gasteiger partial charge in [0.1, 0.15) is 0 Å². The third kappa shape index (κ3) is 3.30. The smallest absolute Gasteiger partial charge is 0.0320 e. The van der Waals surface area contributed by atoms with Crippen molar-refractivity contribution in [1.82, 2.24) is 5.32 Å². The summed E-state index contributed by atoms with van der Waals surface area (Å²) in [7, 11) is 0. The zero-order valence-electron chi connectivity index (χ0n) is 11.6. The monoisotopic (exact) mass is 263 g/mol. The van der Waals surface area contributed by atoms with Crippen LogP contribution in [0.5, 0.6) is 0 Å². The second-order valence-electron chi connectivity index (χ2n) is 5.37. The molecule has 0 radical (unpaired) electrons. The van der Waals surface area contributed by atoms with Crippen molar-refractivity contribution < 1.29 is 0 Å². The van der Waals surface area contributed by atoms with Gasteiger partial charge in [-0.25, -0.2) is 0 Å². The lowest BCUT2D eigenvalue weighted by Crippen LogP contribution is -2.44. The van der Waals surface area contributed by atoms with Gasteiger partial charge in [0.05, 0.1) is 0 Å². The zero-order valence-corrected chi connectivity index (χ0v) is 12.4. The highest BCUT2D eigenvalue weighted by molar-refractivity contribution is 8.00. The van der Waals surface area contributed by atoms with Gasteiger partial charge >= 0.3 is 0 Å². The molecule has 1 unspecified atom stereocenters. The fraction of sp³-hybridized carbons (Fsp3) is 0.625. The minimum Gasteiger partial charge on any atom is -0.309 e. The number of nitrogens with one attached hydrogen (secondary N) is 1. The molecule has 1 aromatic carbocycles. The van der Waals surface area contributed by atoms with Crippen LogP contribution in [0.25, 0.3) is 0 Å². The van der Waals surface area contributed by atoms with Gasteiger partial charge in [0.25, 0.3) is 0 Å². The summed E-state index contributed by atoms with van der Waals surface area (Å²) in [6.45, 7) is 3.43. The molecule has 2 heteroatoms. The van der Waals surface area contributed by atoms with E-state index in [2.05, 4.69) is 60.6 Å². The molecule has 1 fully saturated rings. The second kappa shape index (κ2) is 6.63. The van der Waals surface area contributed by atoms with Gasteiger partial charge in [-0.3, -0.25) is 0 Å². The topological polar surface area (TPSA) is 12.0 Å². The summed E-state index contributed by atoms with van der Waals surface area (Å²) < 4.78 is 0.529. The molecule has 18 heavy (non-hydrogen) atoms. The van der Waals surface area contributed by atoms with Crippen LogP contribution in [0.1, 0.15) is 50.6 Å². The Morgan fingerprint density at radius 3 is 2.50 bits per heavy atom. The summed E-state index contributed by atoms with van der Waals surface area (Å²) in [4.78, 5) is 0. The molecular weight excluding hydrogens is 238 g/mol. The molecule has 2 rings (SSSR count). The fourth-order valence-electron chi connectivity index (χ4n) is 2.69. The van der Waals surface area contributed by atoms with E-state index in [-0.39, 0.29) is 0 Å². The molecule has 1 N–H and O–H groups in total. The average Bonchev–Trinajstić information content (AvgIpc) is 2.38. The van der Waals surface area contributed by atoms with Crippen molar-refractivity contribution in [1.29, 1.82) is 0 Å². The molecular formula is C16H25NS. The van der Waals surface area contributed by atoms with Crippen LogP contribution in [-0.2, 0) is 0 Å². The van der Waals surface area contributed by atoms with Crippen molar-refractivity contribution in [3.05, 3.63) is 35.9 Å². The molecule has 1 aromatic rings. The molecule has 1 atom stereocenters. The Kier molecular flexibility index (Phi) is 5.13. The SMILES string of the molecule is CCCC(NCC1(SC)CCC1)c1ccccc1.